The minimum absolute atomic E-state index is 0.107. The van der Waals surface area contributed by atoms with Crippen molar-refractivity contribution in [1.29, 1.82) is 0 Å². The molecule has 0 saturated heterocycles. The molecule has 6 nitrogen and oxygen atoms in total. The Morgan fingerprint density at radius 3 is 2.55 bits per heavy atom. The van der Waals surface area contributed by atoms with Crippen molar-refractivity contribution in [2.75, 3.05) is 16.8 Å². The number of aromatic nitrogens is 3. The number of benzene rings is 2. The number of aryl methyl sites for hydroxylation is 2. The van der Waals surface area contributed by atoms with Gasteiger partial charge in [-0.05, 0) is 36.5 Å². The molecule has 152 valence electrons. The van der Waals surface area contributed by atoms with Gasteiger partial charge in [0.05, 0.1) is 0 Å². The van der Waals surface area contributed by atoms with Crippen LogP contribution in [0.15, 0.2) is 59.8 Å². The Morgan fingerprint density at radius 2 is 1.83 bits per heavy atom. The van der Waals surface area contributed by atoms with Gasteiger partial charge in [0, 0.05) is 11.4 Å². The highest BCUT2D eigenvalue weighted by atomic mass is 32.2. The Kier molecular flexibility index (Phi) is 7.30. The van der Waals surface area contributed by atoms with Crippen molar-refractivity contribution in [3.05, 3.63) is 65.7 Å². The third kappa shape index (κ3) is 5.17. The fourth-order valence-corrected chi connectivity index (χ4v) is 4.22. The van der Waals surface area contributed by atoms with E-state index in [1.165, 1.54) is 5.56 Å². The van der Waals surface area contributed by atoms with Gasteiger partial charge in [-0.2, -0.15) is 0 Å². The molecule has 0 aliphatic carbocycles. The monoisotopic (exact) mass is 409 g/mol. The van der Waals surface area contributed by atoms with Crippen LogP contribution < -0.4 is 11.1 Å². The minimum atomic E-state index is -0.464. The lowest BCUT2D eigenvalue weighted by Gasteiger charge is -2.20. The molecule has 7 heteroatoms. The highest BCUT2D eigenvalue weighted by Gasteiger charge is 2.25. The summed E-state index contributed by atoms with van der Waals surface area (Å²) in [5.74, 6) is 0.988. The van der Waals surface area contributed by atoms with Crippen LogP contribution in [-0.4, -0.2) is 26.4 Å². The molecule has 0 aliphatic heterocycles. The van der Waals surface area contributed by atoms with Crippen LogP contribution in [0.3, 0.4) is 0 Å². The van der Waals surface area contributed by atoms with Crippen molar-refractivity contribution in [3.63, 3.8) is 0 Å². The van der Waals surface area contributed by atoms with E-state index < -0.39 is 6.04 Å². The molecule has 0 aliphatic rings. The quantitative estimate of drug-likeness (QED) is 0.513. The largest absolute Gasteiger partial charge is 0.368 e. The second-order valence-corrected chi connectivity index (χ2v) is 7.78. The SMILES string of the molecule is CCc1ccccc1NC(=O)C(CC)n1c(N)nnc1SCCc1ccccc1. The lowest BCUT2D eigenvalue weighted by Crippen LogP contribution is -2.27. The van der Waals surface area contributed by atoms with Crippen LogP contribution in [0.4, 0.5) is 11.6 Å². The molecule has 0 spiro atoms. The Balaban J connectivity index is 1.73. The number of anilines is 2. The normalized spacial score (nSPS) is 11.9. The van der Waals surface area contributed by atoms with Gasteiger partial charge in [-0.3, -0.25) is 9.36 Å². The van der Waals surface area contributed by atoms with Crippen molar-refractivity contribution in [1.82, 2.24) is 14.8 Å². The lowest BCUT2D eigenvalue weighted by molar-refractivity contribution is -0.119. The molecule has 1 unspecified atom stereocenters. The number of amides is 1. The third-order valence-corrected chi connectivity index (χ3v) is 5.76. The van der Waals surface area contributed by atoms with Gasteiger partial charge in [0.15, 0.2) is 5.16 Å². The summed E-state index contributed by atoms with van der Waals surface area (Å²) in [4.78, 5) is 13.1. The van der Waals surface area contributed by atoms with Crippen LogP contribution in [0.1, 0.15) is 37.4 Å². The number of hydrogen-bond donors (Lipinski definition) is 2. The molecule has 3 N–H and O–H groups in total. The number of nitrogens with zero attached hydrogens (tertiary/aromatic N) is 3. The fourth-order valence-electron chi connectivity index (χ4n) is 3.24. The third-order valence-electron chi connectivity index (χ3n) is 4.81. The molecule has 1 aromatic heterocycles. The zero-order valence-electron chi connectivity index (χ0n) is 16.8. The van der Waals surface area contributed by atoms with Gasteiger partial charge in [0.25, 0.3) is 0 Å². The molecule has 1 heterocycles. The summed E-state index contributed by atoms with van der Waals surface area (Å²) < 4.78 is 1.75. The van der Waals surface area contributed by atoms with Crippen LogP contribution in [0.2, 0.25) is 0 Å². The zero-order valence-corrected chi connectivity index (χ0v) is 17.7. The molecule has 2 aromatic carbocycles. The van der Waals surface area contributed by atoms with Crippen molar-refractivity contribution < 1.29 is 4.79 Å². The van der Waals surface area contributed by atoms with E-state index in [1.54, 1.807) is 16.3 Å². The van der Waals surface area contributed by atoms with E-state index in [0.29, 0.717) is 11.6 Å². The van der Waals surface area contributed by atoms with E-state index in [0.717, 1.165) is 29.8 Å². The van der Waals surface area contributed by atoms with Crippen LogP contribution in [0, 0.1) is 0 Å². The molecule has 0 fully saturated rings. The number of rotatable bonds is 9. The number of para-hydroxylation sites is 1. The standard InChI is InChI=1S/C22H27N5OS/c1-3-17-12-8-9-13-18(17)24-20(28)19(4-2)27-21(23)25-26-22(27)29-15-14-16-10-6-5-7-11-16/h5-13,19H,3-4,14-15H2,1-2H3,(H2,23,25)(H,24,28). The zero-order chi connectivity index (χ0) is 20.6. The summed E-state index contributed by atoms with van der Waals surface area (Å²) in [6.07, 6.45) is 2.35. The van der Waals surface area contributed by atoms with Crippen molar-refractivity contribution >= 4 is 29.3 Å². The summed E-state index contributed by atoms with van der Waals surface area (Å²) in [5.41, 5.74) is 9.29. The van der Waals surface area contributed by atoms with Crippen molar-refractivity contribution in [3.8, 4) is 0 Å². The second kappa shape index (κ2) is 10.1. The van der Waals surface area contributed by atoms with Gasteiger partial charge < -0.3 is 11.1 Å². The van der Waals surface area contributed by atoms with E-state index >= 15 is 0 Å². The lowest BCUT2D eigenvalue weighted by atomic mass is 10.1. The molecule has 3 aromatic rings. The van der Waals surface area contributed by atoms with Gasteiger partial charge in [0.2, 0.25) is 11.9 Å². The summed E-state index contributed by atoms with van der Waals surface area (Å²) >= 11 is 1.57. The van der Waals surface area contributed by atoms with Gasteiger partial charge in [-0.1, -0.05) is 74.1 Å². The van der Waals surface area contributed by atoms with Crippen LogP contribution in [0.5, 0.6) is 0 Å². The van der Waals surface area contributed by atoms with Gasteiger partial charge in [-0.15, -0.1) is 10.2 Å². The van der Waals surface area contributed by atoms with Gasteiger partial charge in [0.1, 0.15) is 6.04 Å². The molecule has 29 heavy (non-hydrogen) atoms. The average molecular weight is 410 g/mol. The molecule has 0 bridgehead atoms. The summed E-state index contributed by atoms with van der Waals surface area (Å²) in [7, 11) is 0. The van der Waals surface area contributed by atoms with Crippen LogP contribution >= 0.6 is 11.8 Å². The number of hydrogen-bond acceptors (Lipinski definition) is 5. The Labute approximate surface area is 175 Å². The van der Waals surface area contributed by atoms with Crippen molar-refractivity contribution in [2.45, 2.75) is 44.3 Å². The predicted molar refractivity (Wildman–Crippen MR) is 119 cm³/mol. The maximum absolute atomic E-state index is 13.1. The molecular formula is C22H27N5OS. The van der Waals surface area contributed by atoms with E-state index in [9.17, 15) is 4.79 Å². The highest BCUT2D eigenvalue weighted by molar-refractivity contribution is 7.99. The van der Waals surface area contributed by atoms with E-state index in [-0.39, 0.29) is 11.9 Å². The minimum Gasteiger partial charge on any atom is -0.368 e. The van der Waals surface area contributed by atoms with Gasteiger partial charge >= 0.3 is 0 Å². The summed E-state index contributed by atoms with van der Waals surface area (Å²) in [6.45, 7) is 4.04. The maximum atomic E-state index is 13.1. The Bertz CT molecular complexity index is 941. The number of carbonyl (C=O) groups excluding carboxylic acids is 1. The first kappa shape index (κ1) is 20.9. The average Bonchev–Trinajstić information content (AvgIpc) is 3.10. The van der Waals surface area contributed by atoms with Crippen LogP contribution in [0.25, 0.3) is 0 Å². The molecular weight excluding hydrogens is 382 g/mol. The van der Waals surface area contributed by atoms with E-state index in [1.807, 2.05) is 49.4 Å². The molecule has 3 rings (SSSR count). The van der Waals surface area contributed by atoms with Crippen LogP contribution in [-0.2, 0) is 17.6 Å². The smallest absolute Gasteiger partial charge is 0.247 e. The molecule has 1 amide bonds. The first-order valence-electron chi connectivity index (χ1n) is 9.89. The topological polar surface area (TPSA) is 85.8 Å². The first-order chi connectivity index (χ1) is 14.1. The summed E-state index contributed by atoms with van der Waals surface area (Å²) in [5, 5.41) is 12.0. The van der Waals surface area contributed by atoms with E-state index in [2.05, 4.69) is 34.6 Å². The molecule has 0 saturated carbocycles. The number of nitrogen functional groups attached to an aromatic ring is 1. The number of nitrogens with two attached hydrogens (primary N) is 1. The fraction of sp³-hybridized carbons (Fsp3) is 0.318. The number of thioether (sulfide) groups is 1. The predicted octanol–water partition coefficient (Wildman–Crippen LogP) is 4.35. The molecule has 0 radical (unpaired) electrons. The Morgan fingerprint density at radius 1 is 1.10 bits per heavy atom. The second-order valence-electron chi connectivity index (χ2n) is 6.72. The summed E-state index contributed by atoms with van der Waals surface area (Å²) in [6, 6.07) is 17.7. The highest BCUT2D eigenvalue weighted by Crippen LogP contribution is 2.27. The maximum Gasteiger partial charge on any atom is 0.247 e. The molecule has 1 atom stereocenters. The number of nitrogens with one attached hydrogen (secondary N) is 1. The van der Waals surface area contributed by atoms with Crippen molar-refractivity contribution in [2.24, 2.45) is 0 Å². The van der Waals surface area contributed by atoms with Gasteiger partial charge in [-0.25, -0.2) is 0 Å². The Hall–Kier alpha value is -2.80. The van der Waals surface area contributed by atoms with E-state index in [4.69, 9.17) is 5.73 Å². The first-order valence-corrected chi connectivity index (χ1v) is 10.9. The number of carbonyl (C=O) groups is 1.